The summed E-state index contributed by atoms with van der Waals surface area (Å²) in [5, 5.41) is 3.01. The molecule has 0 aliphatic carbocycles. The first-order chi connectivity index (χ1) is 12.2. The second-order valence-corrected chi connectivity index (χ2v) is 6.56. The number of fused-ring (bicyclic) bond motifs is 1. The maximum absolute atomic E-state index is 12.5. The summed E-state index contributed by atoms with van der Waals surface area (Å²) < 4.78 is 5.70. The van der Waals surface area contributed by atoms with Crippen LogP contribution >= 0.6 is 0 Å². The van der Waals surface area contributed by atoms with Gasteiger partial charge in [0.2, 0.25) is 0 Å². The zero-order valence-corrected chi connectivity index (χ0v) is 14.3. The Labute approximate surface area is 147 Å². The Hall–Kier alpha value is -2.76. The number of hydrogen-bond acceptors (Lipinski definition) is 4. The van der Waals surface area contributed by atoms with E-state index in [1.165, 1.54) is 0 Å². The lowest BCUT2D eigenvalue weighted by Crippen LogP contribution is -2.50. The molecule has 6 nitrogen and oxygen atoms in total. The number of carbonyl (C=O) groups excluding carboxylic acids is 1. The van der Waals surface area contributed by atoms with E-state index in [0.717, 1.165) is 42.2 Å². The number of benzene rings is 1. The minimum atomic E-state index is -0.0405. The van der Waals surface area contributed by atoms with Crippen LogP contribution in [0, 0.1) is 0 Å². The topological polar surface area (TPSA) is 57.7 Å². The van der Waals surface area contributed by atoms with Crippen molar-refractivity contribution in [3.05, 3.63) is 48.3 Å². The Bertz CT molecular complexity index is 757. The van der Waals surface area contributed by atoms with E-state index in [1.807, 2.05) is 35.2 Å². The molecule has 130 valence electrons. The third kappa shape index (κ3) is 3.38. The molecule has 2 aliphatic rings. The molecule has 0 unspecified atom stereocenters. The Balaban J connectivity index is 1.35. The molecule has 1 saturated heterocycles. The lowest BCUT2D eigenvalue weighted by molar-refractivity contribution is 0.208. The summed E-state index contributed by atoms with van der Waals surface area (Å²) in [6.07, 6.45) is 4.70. The van der Waals surface area contributed by atoms with E-state index in [9.17, 15) is 4.79 Å². The Kier molecular flexibility index (Phi) is 4.17. The maximum Gasteiger partial charge on any atom is 0.321 e. The average Bonchev–Trinajstić information content (AvgIpc) is 3.02. The maximum atomic E-state index is 12.5. The Morgan fingerprint density at radius 3 is 2.68 bits per heavy atom. The van der Waals surface area contributed by atoms with Crippen molar-refractivity contribution < 1.29 is 9.53 Å². The van der Waals surface area contributed by atoms with Gasteiger partial charge in [-0.1, -0.05) is 0 Å². The van der Waals surface area contributed by atoms with Gasteiger partial charge in [-0.3, -0.25) is 4.98 Å². The van der Waals surface area contributed by atoms with Gasteiger partial charge in [0.05, 0.1) is 0 Å². The normalized spacial score (nSPS) is 19.3. The molecule has 4 rings (SSSR count). The van der Waals surface area contributed by atoms with E-state index in [0.29, 0.717) is 13.1 Å². The molecule has 1 fully saturated rings. The summed E-state index contributed by atoms with van der Waals surface area (Å²) in [5.74, 6) is 0.927. The predicted octanol–water partition coefficient (Wildman–Crippen LogP) is 2.76. The molecule has 2 aliphatic heterocycles. The number of ether oxygens (including phenoxy) is 1. The van der Waals surface area contributed by atoms with Crippen molar-refractivity contribution in [3.8, 4) is 5.75 Å². The highest BCUT2D eigenvalue weighted by Crippen LogP contribution is 2.31. The Morgan fingerprint density at radius 2 is 1.92 bits per heavy atom. The number of hydrogen-bond donors (Lipinski definition) is 1. The highest BCUT2D eigenvalue weighted by Gasteiger charge is 2.23. The largest absolute Gasteiger partial charge is 0.490 e. The first kappa shape index (κ1) is 15.7. The van der Waals surface area contributed by atoms with Crippen LogP contribution in [0.25, 0.3) is 0 Å². The molecule has 6 heteroatoms. The summed E-state index contributed by atoms with van der Waals surface area (Å²) in [7, 11) is 0. The molecule has 1 aromatic heterocycles. The second kappa shape index (κ2) is 6.63. The van der Waals surface area contributed by atoms with E-state index >= 15 is 0 Å². The van der Waals surface area contributed by atoms with Gasteiger partial charge in [-0.2, -0.15) is 0 Å². The van der Waals surface area contributed by atoms with Gasteiger partial charge in [-0.05, 0) is 42.8 Å². The molecule has 25 heavy (non-hydrogen) atoms. The van der Waals surface area contributed by atoms with E-state index in [-0.39, 0.29) is 12.1 Å². The second-order valence-electron chi connectivity index (χ2n) is 6.56. The van der Waals surface area contributed by atoms with Gasteiger partial charge in [0, 0.05) is 56.4 Å². The molecular weight excluding hydrogens is 316 g/mol. The fraction of sp³-hybridized carbons (Fsp3) is 0.368. The van der Waals surface area contributed by atoms with Crippen LogP contribution in [0.3, 0.4) is 0 Å². The number of urea groups is 1. The monoisotopic (exact) mass is 338 g/mol. The van der Waals surface area contributed by atoms with Crippen LogP contribution in [0.4, 0.5) is 16.2 Å². The third-order valence-corrected chi connectivity index (χ3v) is 4.74. The number of pyridine rings is 1. The fourth-order valence-corrected chi connectivity index (χ4v) is 3.42. The zero-order chi connectivity index (χ0) is 17.2. The number of carbonyl (C=O) groups is 1. The van der Waals surface area contributed by atoms with Gasteiger partial charge < -0.3 is 19.9 Å². The molecule has 0 bridgehead atoms. The summed E-state index contributed by atoms with van der Waals surface area (Å²) >= 11 is 0. The Morgan fingerprint density at radius 1 is 1.16 bits per heavy atom. The number of anilines is 2. The van der Waals surface area contributed by atoms with Crippen LogP contribution in [0.2, 0.25) is 0 Å². The van der Waals surface area contributed by atoms with Crippen molar-refractivity contribution in [1.82, 2.24) is 9.88 Å². The highest BCUT2D eigenvalue weighted by molar-refractivity contribution is 5.89. The highest BCUT2D eigenvalue weighted by atomic mass is 16.5. The SMILES string of the molecule is C[C@@H]1Cc2cc(NC(=O)N3CCN(c4ccncc4)CC3)ccc2O1. The van der Waals surface area contributed by atoms with E-state index in [4.69, 9.17) is 4.74 Å². The van der Waals surface area contributed by atoms with Crippen molar-refractivity contribution in [1.29, 1.82) is 0 Å². The molecule has 2 aromatic rings. The molecule has 0 saturated carbocycles. The zero-order valence-electron chi connectivity index (χ0n) is 14.3. The number of nitrogens with one attached hydrogen (secondary N) is 1. The lowest BCUT2D eigenvalue weighted by atomic mass is 10.1. The lowest BCUT2D eigenvalue weighted by Gasteiger charge is -2.36. The first-order valence-electron chi connectivity index (χ1n) is 8.69. The first-order valence-corrected chi connectivity index (χ1v) is 8.69. The van der Waals surface area contributed by atoms with Gasteiger partial charge in [-0.15, -0.1) is 0 Å². The van der Waals surface area contributed by atoms with Crippen molar-refractivity contribution in [2.45, 2.75) is 19.4 Å². The molecule has 0 spiro atoms. The summed E-state index contributed by atoms with van der Waals surface area (Å²) in [4.78, 5) is 20.7. The summed E-state index contributed by atoms with van der Waals surface area (Å²) in [5.41, 5.74) is 3.15. The standard InChI is InChI=1S/C19H22N4O2/c1-14-12-15-13-16(2-3-18(15)25-14)21-19(24)23-10-8-22(9-11-23)17-4-6-20-7-5-17/h2-7,13-14H,8-12H2,1H3,(H,21,24)/t14-/m1/s1. The molecule has 1 atom stereocenters. The molecule has 1 N–H and O–H groups in total. The summed E-state index contributed by atoms with van der Waals surface area (Å²) in [6, 6.07) is 9.83. The van der Waals surface area contributed by atoms with Crippen LogP contribution in [0.15, 0.2) is 42.7 Å². The van der Waals surface area contributed by atoms with Crippen molar-refractivity contribution in [3.63, 3.8) is 0 Å². The predicted molar refractivity (Wildman–Crippen MR) is 97.3 cm³/mol. The number of nitrogens with zero attached hydrogens (tertiary/aromatic N) is 3. The van der Waals surface area contributed by atoms with Crippen molar-refractivity contribution >= 4 is 17.4 Å². The number of piperazine rings is 1. The van der Waals surface area contributed by atoms with Crippen LogP contribution in [0.5, 0.6) is 5.75 Å². The average molecular weight is 338 g/mol. The summed E-state index contributed by atoms with van der Waals surface area (Å²) in [6.45, 7) is 5.12. The number of amides is 2. The quantitative estimate of drug-likeness (QED) is 0.915. The minimum Gasteiger partial charge on any atom is -0.490 e. The van der Waals surface area contributed by atoms with Crippen LogP contribution in [0.1, 0.15) is 12.5 Å². The van der Waals surface area contributed by atoms with Gasteiger partial charge in [0.25, 0.3) is 0 Å². The number of aromatic nitrogens is 1. The van der Waals surface area contributed by atoms with Crippen LogP contribution < -0.4 is 15.0 Å². The molecule has 0 radical (unpaired) electrons. The van der Waals surface area contributed by atoms with E-state index < -0.39 is 0 Å². The fourth-order valence-electron chi connectivity index (χ4n) is 3.42. The van der Waals surface area contributed by atoms with Gasteiger partial charge in [-0.25, -0.2) is 4.79 Å². The van der Waals surface area contributed by atoms with Gasteiger partial charge in [0.15, 0.2) is 0 Å². The minimum absolute atomic E-state index is 0.0405. The van der Waals surface area contributed by atoms with Crippen LogP contribution in [-0.2, 0) is 6.42 Å². The molecule has 2 amide bonds. The van der Waals surface area contributed by atoms with E-state index in [1.54, 1.807) is 12.4 Å². The van der Waals surface area contributed by atoms with Gasteiger partial charge >= 0.3 is 6.03 Å². The van der Waals surface area contributed by atoms with E-state index in [2.05, 4.69) is 22.1 Å². The number of rotatable bonds is 2. The van der Waals surface area contributed by atoms with Crippen molar-refractivity contribution in [2.24, 2.45) is 0 Å². The van der Waals surface area contributed by atoms with Crippen LogP contribution in [-0.4, -0.2) is 48.2 Å². The van der Waals surface area contributed by atoms with Gasteiger partial charge in [0.1, 0.15) is 11.9 Å². The molecule has 1 aromatic carbocycles. The smallest absolute Gasteiger partial charge is 0.321 e. The molecule has 3 heterocycles. The third-order valence-electron chi connectivity index (χ3n) is 4.74. The molecular formula is C19H22N4O2. The van der Waals surface area contributed by atoms with Crippen molar-refractivity contribution in [2.75, 3.05) is 36.4 Å².